The van der Waals surface area contributed by atoms with Crippen LogP contribution in [0.4, 0.5) is 0 Å². The lowest BCUT2D eigenvalue weighted by atomic mass is 9.98. The van der Waals surface area contributed by atoms with E-state index in [0.717, 1.165) is 75.1 Å². The molecule has 0 amide bonds. The molecule has 2 fully saturated rings. The number of hydrogen-bond acceptors (Lipinski definition) is 5. The fourth-order valence-corrected chi connectivity index (χ4v) is 6.11. The summed E-state index contributed by atoms with van der Waals surface area (Å²) in [5.74, 6) is 1.40. The minimum absolute atomic E-state index is 0.273. The van der Waals surface area contributed by atoms with Crippen molar-refractivity contribution in [1.82, 2.24) is 18.8 Å². The van der Waals surface area contributed by atoms with Crippen molar-refractivity contribution in [3.05, 3.63) is 24.0 Å². The van der Waals surface area contributed by atoms with Crippen LogP contribution in [0.1, 0.15) is 44.9 Å². The second-order valence-electron chi connectivity index (χ2n) is 8.29. The third-order valence-corrected chi connectivity index (χ3v) is 8.29. The van der Waals surface area contributed by atoms with Gasteiger partial charge in [-0.15, -0.1) is 0 Å². The summed E-state index contributed by atoms with van der Waals surface area (Å²) in [4.78, 5) is 7.55. The number of fused-ring (bicyclic) bond motifs is 1. The van der Waals surface area contributed by atoms with Gasteiger partial charge in [0.25, 0.3) is 0 Å². The number of likely N-dealkylation sites (tertiary alicyclic amines) is 1. The fraction of sp³-hybridized carbons (Fsp3) is 0.667. The standard InChI is InChI=1S/C21H32N4O3S/c1-2-25-20-7-6-18(29(27,28)24-10-4-3-5-11-24)14-19(20)22-21(25)15-23-12-8-17(16-26)9-13-23/h6-7,14,17,26H,2-5,8-13,15-16H2,1H3. The highest BCUT2D eigenvalue weighted by molar-refractivity contribution is 7.89. The molecule has 1 N–H and O–H groups in total. The van der Waals surface area contributed by atoms with E-state index in [1.807, 2.05) is 6.07 Å². The number of hydrogen-bond donors (Lipinski definition) is 1. The Morgan fingerprint density at radius 2 is 1.83 bits per heavy atom. The lowest BCUT2D eigenvalue weighted by Crippen LogP contribution is -2.35. The SMILES string of the molecule is CCn1c(CN2CCC(CO)CC2)nc2cc(S(=O)(=O)N3CCCCC3)ccc21. The summed E-state index contributed by atoms with van der Waals surface area (Å²) in [6.45, 7) is 7.08. The van der Waals surface area contributed by atoms with Gasteiger partial charge in [-0.2, -0.15) is 4.31 Å². The first-order valence-corrected chi connectivity index (χ1v) is 12.3. The molecule has 8 heteroatoms. The lowest BCUT2D eigenvalue weighted by Gasteiger charge is -2.30. The average Bonchev–Trinajstić information content (AvgIpc) is 3.11. The molecule has 4 rings (SSSR count). The maximum atomic E-state index is 13.0. The number of rotatable bonds is 6. The molecule has 2 aromatic rings. The van der Waals surface area contributed by atoms with Crippen LogP contribution in [-0.2, 0) is 23.1 Å². The van der Waals surface area contributed by atoms with Crippen LogP contribution in [0.2, 0.25) is 0 Å². The Labute approximate surface area is 173 Å². The second kappa shape index (κ2) is 8.71. The number of imidazole rings is 1. The number of aryl methyl sites for hydroxylation is 1. The summed E-state index contributed by atoms with van der Waals surface area (Å²) in [6, 6.07) is 5.38. The Kier molecular flexibility index (Phi) is 6.24. The molecule has 29 heavy (non-hydrogen) atoms. The maximum absolute atomic E-state index is 13.0. The number of aliphatic hydroxyl groups excluding tert-OH is 1. The summed E-state index contributed by atoms with van der Waals surface area (Å²) in [7, 11) is -3.45. The second-order valence-corrected chi connectivity index (χ2v) is 10.2. The normalized spacial score (nSPS) is 20.5. The van der Waals surface area contributed by atoms with Crippen LogP contribution < -0.4 is 0 Å². The zero-order chi connectivity index (χ0) is 20.4. The predicted molar refractivity (Wildman–Crippen MR) is 113 cm³/mol. The quantitative estimate of drug-likeness (QED) is 0.777. The smallest absolute Gasteiger partial charge is 0.243 e. The summed E-state index contributed by atoms with van der Waals surface area (Å²) >= 11 is 0. The maximum Gasteiger partial charge on any atom is 0.243 e. The van der Waals surface area contributed by atoms with E-state index < -0.39 is 10.0 Å². The molecule has 7 nitrogen and oxygen atoms in total. The highest BCUT2D eigenvalue weighted by atomic mass is 32.2. The monoisotopic (exact) mass is 420 g/mol. The van der Waals surface area contributed by atoms with Gasteiger partial charge in [-0.25, -0.2) is 13.4 Å². The third kappa shape index (κ3) is 4.21. The predicted octanol–water partition coefficient (Wildman–Crippen LogP) is 2.44. The van der Waals surface area contributed by atoms with Gasteiger partial charge in [0.15, 0.2) is 0 Å². The van der Waals surface area contributed by atoms with E-state index in [0.29, 0.717) is 23.9 Å². The van der Waals surface area contributed by atoms with E-state index in [2.05, 4.69) is 16.4 Å². The Morgan fingerprint density at radius 3 is 2.48 bits per heavy atom. The highest BCUT2D eigenvalue weighted by Crippen LogP contribution is 2.26. The number of sulfonamides is 1. The van der Waals surface area contributed by atoms with Crippen molar-refractivity contribution >= 4 is 21.1 Å². The molecule has 0 unspecified atom stereocenters. The Morgan fingerprint density at radius 1 is 1.10 bits per heavy atom. The zero-order valence-corrected chi connectivity index (χ0v) is 18.1. The summed E-state index contributed by atoms with van der Waals surface area (Å²) in [5.41, 5.74) is 1.75. The first kappa shape index (κ1) is 20.8. The minimum Gasteiger partial charge on any atom is -0.396 e. The van der Waals surface area contributed by atoms with Crippen molar-refractivity contribution in [3.8, 4) is 0 Å². The zero-order valence-electron chi connectivity index (χ0n) is 17.3. The van der Waals surface area contributed by atoms with Gasteiger partial charge in [-0.1, -0.05) is 6.42 Å². The molecule has 3 heterocycles. The molecule has 160 valence electrons. The van der Waals surface area contributed by atoms with Crippen molar-refractivity contribution in [1.29, 1.82) is 0 Å². The van der Waals surface area contributed by atoms with Gasteiger partial charge >= 0.3 is 0 Å². The summed E-state index contributed by atoms with van der Waals surface area (Å²) < 4.78 is 29.9. The molecular weight excluding hydrogens is 388 g/mol. The molecule has 0 bridgehead atoms. The van der Waals surface area contributed by atoms with Crippen LogP contribution in [0.3, 0.4) is 0 Å². The van der Waals surface area contributed by atoms with Crippen molar-refractivity contribution in [3.63, 3.8) is 0 Å². The van der Waals surface area contributed by atoms with Crippen molar-refractivity contribution in [2.24, 2.45) is 5.92 Å². The molecule has 0 spiro atoms. The number of aromatic nitrogens is 2. The molecule has 1 aromatic carbocycles. The topological polar surface area (TPSA) is 78.7 Å². The summed E-state index contributed by atoms with van der Waals surface area (Å²) in [6.07, 6.45) is 5.00. The molecule has 0 atom stereocenters. The van der Waals surface area contributed by atoms with Gasteiger partial charge in [0.1, 0.15) is 5.82 Å². The molecule has 1 aromatic heterocycles. The van der Waals surface area contributed by atoms with E-state index in [1.165, 1.54) is 0 Å². The largest absolute Gasteiger partial charge is 0.396 e. The molecule has 2 aliphatic heterocycles. The fourth-order valence-electron chi connectivity index (χ4n) is 4.57. The number of piperidine rings is 2. The Balaban J connectivity index is 1.59. The van der Waals surface area contributed by atoms with Crippen molar-refractivity contribution in [2.45, 2.75) is 57.0 Å². The molecule has 0 radical (unpaired) electrons. The highest BCUT2D eigenvalue weighted by Gasteiger charge is 2.27. The van der Waals surface area contributed by atoms with Crippen LogP contribution in [-0.4, -0.2) is 65.1 Å². The van der Waals surface area contributed by atoms with E-state index in [4.69, 9.17) is 4.98 Å². The number of benzene rings is 1. The summed E-state index contributed by atoms with van der Waals surface area (Å²) in [5, 5.41) is 9.34. The number of nitrogens with zero attached hydrogens (tertiary/aromatic N) is 4. The molecular formula is C21H32N4O3S. The van der Waals surface area contributed by atoms with E-state index in [9.17, 15) is 13.5 Å². The Hall–Kier alpha value is -1.48. The molecule has 0 aliphatic carbocycles. The van der Waals surface area contributed by atoms with Crippen molar-refractivity contribution < 1.29 is 13.5 Å². The molecule has 2 saturated heterocycles. The van der Waals surface area contributed by atoms with E-state index in [1.54, 1.807) is 16.4 Å². The first-order chi connectivity index (χ1) is 14.0. The van der Waals surface area contributed by atoms with Crippen LogP contribution in [0, 0.1) is 5.92 Å². The molecule has 0 saturated carbocycles. The Bertz CT molecular complexity index is 942. The molecule has 2 aliphatic rings. The lowest BCUT2D eigenvalue weighted by molar-refractivity contribution is 0.125. The van der Waals surface area contributed by atoms with Gasteiger partial charge in [0.2, 0.25) is 10.0 Å². The van der Waals surface area contributed by atoms with Gasteiger partial charge in [-0.05, 0) is 69.8 Å². The van der Waals surface area contributed by atoms with E-state index in [-0.39, 0.29) is 6.61 Å². The van der Waals surface area contributed by atoms with Gasteiger partial charge in [0, 0.05) is 26.2 Å². The number of aliphatic hydroxyl groups is 1. The van der Waals surface area contributed by atoms with Crippen LogP contribution in [0.15, 0.2) is 23.1 Å². The van der Waals surface area contributed by atoms with Gasteiger partial charge in [0.05, 0.1) is 22.5 Å². The van der Waals surface area contributed by atoms with Crippen LogP contribution in [0.25, 0.3) is 11.0 Å². The third-order valence-electron chi connectivity index (χ3n) is 6.40. The minimum atomic E-state index is -3.45. The first-order valence-electron chi connectivity index (χ1n) is 10.9. The van der Waals surface area contributed by atoms with Crippen LogP contribution >= 0.6 is 0 Å². The van der Waals surface area contributed by atoms with E-state index >= 15 is 0 Å². The average molecular weight is 421 g/mol. The van der Waals surface area contributed by atoms with Gasteiger partial charge in [-0.3, -0.25) is 4.90 Å². The van der Waals surface area contributed by atoms with Crippen molar-refractivity contribution in [2.75, 3.05) is 32.8 Å². The van der Waals surface area contributed by atoms with Gasteiger partial charge < -0.3 is 9.67 Å². The van der Waals surface area contributed by atoms with Crippen LogP contribution in [0.5, 0.6) is 0 Å².